The molecule has 1 saturated heterocycles. The molecule has 1 N–H and O–H groups in total. The Morgan fingerprint density at radius 1 is 1.14 bits per heavy atom. The second-order valence-electron chi connectivity index (χ2n) is 7.30. The molecule has 2 aliphatic rings. The van der Waals surface area contributed by atoms with Crippen LogP contribution in [0, 0.1) is 17.8 Å². The molecule has 1 aliphatic heterocycles. The highest BCUT2D eigenvalue weighted by Gasteiger charge is 2.26. The molecule has 0 aromatic rings. The summed E-state index contributed by atoms with van der Waals surface area (Å²) in [7, 11) is 2.02. The summed E-state index contributed by atoms with van der Waals surface area (Å²) in [4.78, 5) is 14.6. The second kappa shape index (κ2) is 8.77. The van der Waals surface area contributed by atoms with E-state index in [1.165, 1.54) is 51.4 Å². The lowest BCUT2D eigenvalue weighted by Crippen LogP contribution is -2.40. The van der Waals surface area contributed by atoms with Crippen molar-refractivity contribution in [3.05, 3.63) is 0 Å². The number of carbonyl (C=O) groups excluding carboxylic acids is 1. The van der Waals surface area contributed by atoms with Crippen molar-refractivity contribution < 1.29 is 4.79 Å². The van der Waals surface area contributed by atoms with Gasteiger partial charge in [0.05, 0.1) is 0 Å². The van der Waals surface area contributed by atoms with E-state index in [2.05, 4.69) is 17.1 Å². The van der Waals surface area contributed by atoms with Crippen LogP contribution in [0.3, 0.4) is 0 Å². The van der Waals surface area contributed by atoms with Crippen LogP contribution in [0.2, 0.25) is 0 Å². The predicted molar refractivity (Wildman–Crippen MR) is 88.2 cm³/mol. The summed E-state index contributed by atoms with van der Waals surface area (Å²) in [5.74, 6) is 2.62. The standard InChI is InChI=1S/C18H34N2O/c1-15(17-6-4-3-5-7-17)14-18(21)20-12-9-16(10-13-20)8-11-19-2/h15-17,19H,3-14H2,1-2H3. The monoisotopic (exact) mass is 294 g/mol. The van der Waals surface area contributed by atoms with Crippen molar-refractivity contribution in [3.63, 3.8) is 0 Å². The van der Waals surface area contributed by atoms with Gasteiger partial charge in [-0.1, -0.05) is 39.0 Å². The number of likely N-dealkylation sites (tertiary alicyclic amines) is 1. The van der Waals surface area contributed by atoms with Crippen molar-refractivity contribution in [2.24, 2.45) is 17.8 Å². The Morgan fingerprint density at radius 2 is 1.81 bits per heavy atom. The third-order valence-corrected chi connectivity index (χ3v) is 5.72. The van der Waals surface area contributed by atoms with E-state index in [4.69, 9.17) is 0 Å². The van der Waals surface area contributed by atoms with Gasteiger partial charge in [0.2, 0.25) is 5.91 Å². The summed E-state index contributed by atoms with van der Waals surface area (Å²) < 4.78 is 0. The Hall–Kier alpha value is -0.570. The molecular weight excluding hydrogens is 260 g/mol. The van der Waals surface area contributed by atoms with E-state index in [9.17, 15) is 4.79 Å². The van der Waals surface area contributed by atoms with Gasteiger partial charge in [-0.15, -0.1) is 0 Å². The molecule has 0 radical (unpaired) electrons. The fourth-order valence-electron chi connectivity index (χ4n) is 4.09. The maximum atomic E-state index is 12.5. The third kappa shape index (κ3) is 5.28. The van der Waals surface area contributed by atoms with Crippen LogP contribution in [-0.4, -0.2) is 37.5 Å². The van der Waals surface area contributed by atoms with Crippen molar-refractivity contribution in [1.29, 1.82) is 0 Å². The lowest BCUT2D eigenvalue weighted by Gasteiger charge is -2.34. The summed E-state index contributed by atoms with van der Waals surface area (Å²) in [6.45, 7) is 5.39. The zero-order chi connectivity index (χ0) is 15.1. The molecule has 3 heteroatoms. The number of carbonyl (C=O) groups is 1. The minimum atomic E-state index is 0.417. The number of nitrogens with one attached hydrogen (secondary N) is 1. The first kappa shape index (κ1) is 16.8. The van der Waals surface area contributed by atoms with E-state index in [-0.39, 0.29) is 0 Å². The molecule has 1 unspecified atom stereocenters. The average molecular weight is 294 g/mol. The van der Waals surface area contributed by atoms with Gasteiger partial charge in [0.25, 0.3) is 0 Å². The van der Waals surface area contributed by atoms with Crippen LogP contribution in [-0.2, 0) is 4.79 Å². The van der Waals surface area contributed by atoms with Crippen molar-refractivity contribution in [2.75, 3.05) is 26.7 Å². The Morgan fingerprint density at radius 3 is 2.43 bits per heavy atom. The van der Waals surface area contributed by atoms with Gasteiger partial charge >= 0.3 is 0 Å². The normalized spacial score (nSPS) is 23.2. The summed E-state index contributed by atoms with van der Waals surface area (Å²) in [5.41, 5.74) is 0. The van der Waals surface area contributed by atoms with Crippen molar-refractivity contribution in [3.8, 4) is 0 Å². The van der Waals surface area contributed by atoms with Gasteiger partial charge in [0.1, 0.15) is 0 Å². The van der Waals surface area contributed by atoms with E-state index in [0.29, 0.717) is 11.8 Å². The highest BCUT2D eigenvalue weighted by Crippen LogP contribution is 2.32. The Labute approximate surface area is 130 Å². The van der Waals surface area contributed by atoms with Crippen LogP contribution in [0.5, 0.6) is 0 Å². The number of amides is 1. The number of piperidine rings is 1. The lowest BCUT2D eigenvalue weighted by molar-refractivity contribution is -0.134. The fraction of sp³-hybridized carbons (Fsp3) is 0.944. The molecule has 1 aliphatic carbocycles. The molecule has 3 nitrogen and oxygen atoms in total. The first-order valence-electron chi connectivity index (χ1n) is 9.13. The molecule has 0 spiro atoms. The second-order valence-corrected chi connectivity index (χ2v) is 7.30. The highest BCUT2D eigenvalue weighted by atomic mass is 16.2. The maximum Gasteiger partial charge on any atom is 0.222 e. The van der Waals surface area contributed by atoms with Crippen LogP contribution in [0.25, 0.3) is 0 Å². The van der Waals surface area contributed by atoms with Gasteiger partial charge in [0.15, 0.2) is 0 Å². The van der Waals surface area contributed by atoms with Gasteiger partial charge in [-0.05, 0) is 50.6 Å². The van der Waals surface area contributed by atoms with Crippen LogP contribution >= 0.6 is 0 Å². The first-order valence-corrected chi connectivity index (χ1v) is 9.13. The van der Waals surface area contributed by atoms with E-state index >= 15 is 0 Å². The van der Waals surface area contributed by atoms with Crippen LogP contribution in [0.4, 0.5) is 0 Å². The molecule has 1 heterocycles. The molecule has 21 heavy (non-hydrogen) atoms. The van der Waals surface area contributed by atoms with E-state index in [0.717, 1.165) is 37.9 Å². The molecule has 2 fully saturated rings. The fourth-order valence-corrected chi connectivity index (χ4v) is 4.09. The van der Waals surface area contributed by atoms with E-state index in [1.807, 2.05) is 7.05 Å². The van der Waals surface area contributed by atoms with Crippen LogP contribution in [0.1, 0.15) is 64.7 Å². The zero-order valence-corrected chi connectivity index (χ0v) is 14.1. The Kier molecular flexibility index (Phi) is 7.01. The van der Waals surface area contributed by atoms with Gasteiger partial charge in [-0.25, -0.2) is 0 Å². The van der Waals surface area contributed by atoms with Crippen LogP contribution in [0.15, 0.2) is 0 Å². The number of hydrogen-bond donors (Lipinski definition) is 1. The summed E-state index contributed by atoms with van der Waals surface area (Å²) in [5, 5.41) is 3.23. The molecule has 0 aromatic heterocycles. The average Bonchev–Trinajstić information content (AvgIpc) is 2.54. The molecule has 1 saturated carbocycles. The summed E-state index contributed by atoms with van der Waals surface area (Å²) in [6.07, 6.45) is 11.3. The molecule has 1 amide bonds. The molecular formula is C18H34N2O. The smallest absolute Gasteiger partial charge is 0.222 e. The number of nitrogens with zero attached hydrogens (tertiary/aromatic N) is 1. The van der Waals surface area contributed by atoms with E-state index < -0.39 is 0 Å². The molecule has 0 bridgehead atoms. The Balaban J connectivity index is 1.69. The predicted octanol–water partition coefficient (Wildman–Crippen LogP) is 3.44. The quantitative estimate of drug-likeness (QED) is 0.814. The highest BCUT2D eigenvalue weighted by molar-refractivity contribution is 5.76. The van der Waals surface area contributed by atoms with Crippen molar-refractivity contribution in [1.82, 2.24) is 10.2 Å². The number of hydrogen-bond acceptors (Lipinski definition) is 2. The van der Waals surface area contributed by atoms with Crippen molar-refractivity contribution in [2.45, 2.75) is 64.7 Å². The molecule has 0 aromatic carbocycles. The van der Waals surface area contributed by atoms with Gasteiger partial charge < -0.3 is 10.2 Å². The first-order chi connectivity index (χ1) is 10.2. The van der Waals surface area contributed by atoms with Gasteiger partial charge in [0, 0.05) is 19.5 Å². The topological polar surface area (TPSA) is 32.3 Å². The van der Waals surface area contributed by atoms with Crippen LogP contribution < -0.4 is 5.32 Å². The lowest BCUT2D eigenvalue weighted by atomic mass is 9.79. The summed E-state index contributed by atoms with van der Waals surface area (Å²) >= 11 is 0. The maximum absolute atomic E-state index is 12.5. The SMILES string of the molecule is CNCCC1CCN(C(=O)CC(C)C2CCCCC2)CC1. The van der Waals surface area contributed by atoms with E-state index in [1.54, 1.807) is 0 Å². The minimum Gasteiger partial charge on any atom is -0.343 e. The zero-order valence-electron chi connectivity index (χ0n) is 14.1. The third-order valence-electron chi connectivity index (χ3n) is 5.72. The largest absolute Gasteiger partial charge is 0.343 e. The molecule has 122 valence electrons. The van der Waals surface area contributed by atoms with Crippen molar-refractivity contribution >= 4 is 5.91 Å². The van der Waals surface area contributed by atoms with Gasteiger partial charge in [-0.3, -0.25) is 4.79 Å². The number of rotatable bonds is 6. The molecule has 2 rings (SSSR count). The summed E-state index contributed by atoms with van der Waals surface area (Å²) in [6, 6.07) is 0. The molecule has 1 atom stereocenters. The minimum absolute atomic E-state index is 0.417. The van der Waals surface area contributed by atoms with Gasteiger partial charge in [-0.2, -0.15) is 0 Å². The Bertz CT molecular complexity index is 304.